The molecule has 1 N–H and O–H groups in total. The molecule has 0 unspecified atom stereocenters. The highest BCUT2D eigenvalue weighted by molar-refractivity contribution is 6.15. The fraction of sp³-hybridized carbons (Fsp3) is 0.158. The van der Waals surface area contributed by atoms with Crippen molar-refractivity contribution in [3.05, 3.63) is 82.9 Å². The Labute approximate surface area is 143 Å². The maximum atomic E-state index is 14.3. The molecule has 1 aliphatic rings. The van der Waals surface area contributed by atoms with Crippen LogP contribution in [0.4, 0.5) is 8.78 Å². The average Bonchev–Trinajstić information content (AvgIpc) is 2.92. The maximum Gasteiger partial charge on any atom is 0.135 e. The van der Waals surface area contributed by atoms with Gasteiger partial charge < -0.3 is 5.32 Å². The number of hydrogen-bond donors (Lipinski definition) is 1. The largest absolute Gasteiger partial charge is 0.314 e. The third-order valence-corrected chi connectivity index (χ3v) is 4.23. The molecule has 3 aromatic rings. The summed E-state index contributed by atoms with van der Waals surface area (Å²) in [7, 11) is 1.85. The smallest absolute Gasteiger partial charge is 0.135 e. The molecular formula is C19H16F2N4. The van der Waals surface area contributed by atoms with Crippen molar-refractivity contribution < 1.29 is 8.78 Å². The van der Waals surface area contributed by atoms with Crippen molar-refractivity contribution in [2.45, 2.75) is 13.1 Å². The molecule has 0 radical (unpaired) electrons. The van der Waals surface area contributed by atoms with Crippen molar-refractivity contribution in [3.63, 3.8) is 0 Å². The number of halogens is 2. The Morgan fingerprint density at radius 1 is 1.12 bits per heavy atom. The van der Waals surface area contributed by atoms with E-state index >= 15 is 0 Å². The van der Waals surface area contributed by atoms with E-state index in [2.05, 4.69) is 15.3 Å². The van der Waals surface area contributed by atoms with Crippen LogP contribution in [0.5, 0.6) is 0 Å². The SMILES string of the molecule is CNCc1cnc2n1-c1ccc(F)cc1C(c1ccccc1F)=NC2. The number of fused-ring (bicyclic) bond motifs is 3. The molecule has 0 aliphatic carbocycles. The second kappa shape index (κ2) is 6.22. The molecule has 4 nitrogen and oxygen atoms in total. The first-order valence-corrected chi connectivity index (χ1v) is 7.99. The van der Waals surface area contributed by atoms with Crippen LogP contribution in [-0.4, -0.2) is 22.3 Å². The van der Waals surface area contributed by atoms with Gasteiger partial charge in [-0.1, -0.05) is 12.1 Å². The quantitative estimate of drug-likeness (QED) is 0.797. The summed E-state index contributed by atoms with van der Waals surface area (Å²) in [5.74, 6) is -0.0302. The predicted molar refractivity (Wildman–Crippen MR) is 92.0 cm³/mol. The van der Waals surface area contributed by atoms with Gasteiger partial charge >= 0.3 is 0 Å². The summed E-state index contributed by atoms with van der Waals surface area (Å²) in [6.45, 7) is 0.905. The van der Waals surface area contributed by atoms with E-state index in [9.17, 15) is 8.78 Å². The van der Waals surface area contributed by atoms with Crippen molar-refractivity contribution in [1.82, 2.24) is 14.9 Å². The lowest BCUT2D eigenvalue weighted by molar-refractivity contribution is 0.623. The van der Waals surface area contributed by atoms with Crippen molar-refractivity contribution >= 4 is 5.71 Å². The van der Waals surface area contributed by atoms with E-state index in [0.29, 0.717) is 29.9 Å². The number of imidazole rings is 1. The van der Waals surface area contributed by atoms with Crippen LogP contribution in [-0.2, 0) is 13.1 Å². The maximum absolute atomic E-state index is 14.3. The highest BCUT2D eigenvalue weighted by Crippen LogP contribution is 2.28. The lowest BCUT2D eigenvalue weighted by Gasteiger charge is -2.15. The first-order chi connectivity index (χ1) is 12.2. The third-order valence-electron chi connectivity index (χ3n) is 4.23. The standard InChI is InChI=1S/C19H16F2N4/c1-22-9-13-10-23-18-11-24-19(14-4-2-3-5-16(14)21)15-8-12(20)6-7-17(15)25(13)18/h2-8,10,22H,9,11H2,1H3. The monoisotopic (exact) mass is 338 g/mol. The lowest BCUT2D eigenvalue weighted by atomic mass is 9.99. The molecule has 25 heavy (non-hydrogen) atoms. The van der Waals surface area contributed by atoms with Crippen LogP contribution in [0.1, 0.15) is 22.6 Å². The second-order valence-electron chi connectivity index (χ2n) is 5.84. The Balaban J connectivity index is 1.98. The van der Waals surface area contributed by atoms with Gasteiger partial charge in [-0.05, 0) is 37.4 Å². The normalized spacial score (nSPS) is 13.0. The van der Waals surface area contributed by atoms with Gasteiger partial charge in [0, 0.05) is 17.7 Å². The summed E-state index contributed by atoms with van der Waals surface area (Å²) in [6.07, 6.45) is 1.78. The van der Waals surface area contributed by atoms with E-state index in [1.165, 1.54) is 18.2 Å². The zero-order valence-corrected chi connectivity index (χ0v) is 13.6. The molecule has 0 saturated carbocycles. The van der Waals surface area contributed by atoms with Crippen LogP contribution in [0.15, 0.2) is 53.7 Å². The van der Waals surface area contributed by atoms with Gasteiger partial charge in [0.05, 0.1) is 29.8 Å². The zero-order valence-electron chi connectivity index (χ0n) is 13.6. The van der Waals surface area contributed by atoms with E-state index < -0.39 is 0 Å². The van der Waals surface area contributed by atoms with E-state index in [4.69, 9.17) is 0 Å². The number of nitrogens with zero attached hydrogens (tertiary/aromatic N) is 3. The Bertz CT molecular complexity index is 975. The van der Waals surface area contributed by atoms with Crippen LogP contribution >= 0.6 is 0 Å². The van der Waals surface area contributed by atoms with E-state index in [1.54, 1.807) is 30.5 Å². The molecule has 4 rings (SSSR count). The molecule has 0 amide bonds. The van der Waals surface area contributed by atoms with Gasteiger partial charge in [-0.25, -0.2) is 13.8 Å². The zero-order chi connectivity index (χ0) is 17.4. The van der Waals surface area contributed by atoms with Gasteiger partial charge in [0.2, 0.25) is 0 Å². The Morgan fingerprint density at radius 2 is 1.96 bits per heavy atom. The number of nitrogens with one attached hydrogen (secondary N) is 1. The van der Waals surface area contributed by atoms with Crippen molar-refractivity contribution in [3.8, 4) is 5.69 Å². The minimum Gasteiger partial charge on any atom is -0.314 e. The Hall–Kier alpha value is -2.86. The third kappa shape index (κ3) is 2.64. The minimum atomic E-state index is -0.387. The molecule has 0 bridgehead atoms. The number of aliphatic imine (C=N–C) groups is 1. The van der Waals surface area contributed by atoms with Gasteiger partial charge in [-0.2, -0.15) is 0 Å². The second-order valence-corrected chi connectivity index (χ2v) is 5.84. The number of aromatic nitrogens is 2. The van der Waals surface area contributed by atoms with Crippen LogP contribution in [0.2, 0.25) is 0 Å². The van der Waals surface area contributed by atoms with Gasteiger partial charge in [-0.3, -0.25) is 9.56 Å². The Kier molecular flexibility index (Phi) is 3.89. The van der Waals surface area contributed by atoms with E-state index in [-0.39, 0.29) is 11.6 Å². The van der Waals surface area contributed by atoms with Gasteiger partial charge in [0.1, 0.15) is 17.5 Å². The molecule has 0 fully saturated rings. The molecule has 0 spiro atoms. The fourth-order valence-electron chi connectivity index (χ4n) is 3.15. The van der Waals surface area contributed by atoms with E-state index in [0.717, 1.165) is 17.2 Å². The average molecular weight is 338 g/mol. The van der Waals surface area contributed by atoms with Gasteiger partial charge in [0.15, 0.2) is 0 Å². The molecule has 1 aromatic heterocycles. The fourth-order valence-corrected chi connectivity index (χ4v) is 3.15. The molecule has 1 aliphatic heterocycles. The first-order valence-electron chi connectivity index (χ1n) is 7.99. The topological polar surface area (TPSA) is 42.2 Å². The summed E-state index contributed by atoms with van der Waals surface area (Å²) in [4.78, 5) is 8.99. The highest BCUT2D eigenvalue weighted by Gasteiger charge is 2.23. The number of rotatable bonds is 3. The highest BCUT2D eigenvalue weighted by atomic mass is 19.1. The molecule has 2 aromatic carbocycles. The molecule has 6 heteroatoms. The first kappa shape index (κ1) is 15.7. The summed E-state index contributed by atoms with van der Waals surface area (Å²) >= 11 is 0. The molecule has 126 valence electrons. The predicted octanol–water partition coefficient (Wildman–Crippen LogP) is 3.22. The summed E-state index contributed by atoms with van der Waals surface area (Å²) < 4.78 is 30.3. The molecule has 0 saturated heterocycles. The van der Waals surface area contributed by atoms with Crippen molar-refractivity contribution in [2.24, 2.45) is 4.99 Å². The molecule has 0 atom stereocenters. The summed E-state index contributed by atoms with van der Waals surface area (Å²) in [5, 5.41) is 3.10. The molecule has 2 heterocycles. The van der Waals surface area contributed by atoms with Crippen molar-refractivity contribution in [2.75, 3.05) is 7.05 Å². The number of hydrogen-bond acceptors (Lipinski definition) is 3. The van der Waals surface area contributed by atoms with Crippen LogP contribution in [0.3, 0.4) is 0 Å². The summed E-state index contributed by atoms with van der Waals surface area (Å²) in [5.41, 5.74) is 3.04. The lowest BCUT2D eigenvalue weighted by Crippen LogP contribution is -2.14. The van der Waals surface area contributed by atoms with Gasteiger partial charge in [0.25, 0.3) is 0 Å². The van der Waals surface area contributed by atoms with Crippen LogP contribution in [0, 0.1) is 11.6 Å². The summed E-state index contributed by atoms with van der Waals surface area (Å²) in [6, 6.07) is 10.9. The number of benzene rings is 2. The van der Waals surface area contributed by atoms with Gasteiger partial charge in [-0.15, -0.1) is 0 Å². The van der Waals surface area contributed by atoms with Crippen molar-refractivity contribution in [1.29, 1.82) is 0 Å². The molecular weight excluding hydrogens is 322 g/mol. The van der Waals surface area contributed by atoms with Crippen LogP contribution in [0.25, 0.3) is 5.69 Å². The van der Waals surface area contributed by atoms with Crippen LogP contribution < -0.4 is 5.32 Å². The minimum absolute atomic E-state index is 0.295. The Morgan fingerprint density at radius 3 is 2.76 bits per heavy atom. The van der Waals surface area contributed by atoms with E-state index in [1.807, 2.05) is 11.6 Å².